The van der Waals surface area contributed by atoms with Gasteiger partial charge >= 0.3 is 11.9 Å². The van der Waals surface area contributed by atoms with Crippen molar-refractivity contribution in [2.24, 2.45) is 5.92 Å². The highest BCUT2D eigenvalue weighted by Crippen LogP contribution is 2.47. The summed E-state index contributed by atoms with van der Waals surface area (Å²) in [6, 6.07) is 17.4. The number of aliphatic hydroxyl groups excluding tert-OH is 2. The van der Waals surface area contributed by atoms with Gasteiger partial charge in [-0.3, -0.25) is 0 Å². The van der Waals surface area contributed by atoms with Crippen LogP contribution in [0.15, 0.2) is 58.3 Å². The first-order valence-electron chi connectivity index (χ1n) is 9.71. The Morgan fingerprint density at radius 2 is 1.32 bits per heavy atom. The predicted molar refractivity (Wildman–Crippen MR) is 119 cm³/mol. The van der Waals surface area contributed by atoms with Crippen molar-refractivity contribution in [2.75, 3.05) is 32.1 Å². The van der Waals surface area contributed by atoms with E-state index in [9.17, 15) is 9.59 Å². The van der Waals surface area contributed by atoms with Gasteiger partial charge in [-0.25, -0.2) is 9.59 Å². The van der Waals surface area contributed by atoms with E-state index < -0.39 is 24.1 Å². The van der Waals surface area contributed by atoms with Crippen LogP contribution in [0, 0.1) is 5.92 Å². The Labute approximate surface area is 185 Å². The average Bonchev–Trinajstić information content (AvgIpc) is 2.72. The normalized spacial score (nSPS) is 15.1. The van der Waals surface area contributed by atoms with Crippen LogP contribution >= 0.6 is 11.8 Å². The maximum absolute atomic E-state index is 9.77. The van der Waals surface area contributed by atoms with Crippen LogP contribution < -0.4 is 4.90 Å². The Balaban J connectivity index is 0.000000291. The van der Waals surface area contributed by atoms with E-state index in [1.165, 1.54) is 21.2 Å². The zero-order chi connectivity index (χ0) is 23.1. The third-order valence-electron chi connectivity index (χ3n) is 4.51. The molecule has 0 radical (unpaired) electrons. The lowest BCUT2D eigenvalue weighted by atomic mass is 10.1. The molecule has 31 heavy (non-hydrogen) atoms. The second-order valence-corrected chi connectivity index (χ2v) is 8.67. The molecule has 3 rings (SSSR count). The van der Waals surface area contributed by atoms with Crippen molar-refractivity contribution in [3.63, 3.8) is 0 Å². The van der Waals surface area contributed by atoms with Gasteiger partial charge in [0, 0.05) is 22.9 Å². The molecule has 0 aliphatic carbocycles. The number of hydrogen-bond donors (Lipinski definition) is 4. The van der Waals surface area contributed by atoms with Crippen molar-refractivity contribution in [1.82, 2.24) is 4.90 Å². The molecule has 8 nitrogen and oxygen atoms in total. The molecule has 0 bridgehead atoms. The molecular weight excluding hydrogens is 420 g/mol. The first-order chi connectivity index (χ1) is 14.6. The quantitative estimate of drug-likeness (QED) is 0.506. The molecule has 3 atom stereocenters. The van der Waals surface area contributed by atoms with E-state index in [2.05, 4.69) is 79.3 Å². The lowest BCUT2D eigenvalue weighted by molar-refractivity contribution is -0.165. The molecule has 2 aromatic rings. The van der Waals surface area contributed by atoms with E-state index in [1.54, 1.807) is 0 Å². The van der Waals surface area contributed by atoms with E-state index >= 15 is 0 Å². The summed E-state index contributed by atoms with van der Waals surface area (Å²) in [7, 11) is 4.29. The molecule has 4 N–H and O–H groups in total. The minimum atomic E-state index is -2.27. The molecule has 2 aromatic carbocycles. The van der Waals surface area contributed by atoms with Crippen LogP contribution in [-0.2, 0) is 9.59 Å². The predicted octanol–water partition coefficient (Wildman–Crippen LogP) is 2.36. The number of anilines is 2. The standard InChI is InChI=1S/C18H22N2S.C4H6O6/c1-14(12-19(2)3)13-20-15-8-4-6-10-17(15)21-18-11-7-5-9-16(18)20;5-1(3(7)8)2(6)4(9)10/h4-11,14H,12-13H2,1-3H3;1-2,5-6H,(H,7,8)(H,9,10)/t;1-,2-/m.1/s1. The van der Waals surface area contributed by atoms with Gasteiger partial charge in [0.15, 0.2) is 12.2 Å². The van der Waals surface area contributed by atoms with Crippen molar-refractivity contribution >= 4 is 35.1 Å². The van der Waals surface area contributed by atoms with Gasteiger partial charge < -0.3 is 30.2 Å². The zero-order valence-corrected chi connectivity index (χ0v) is 18.5. The minimum absolute atomic E-state index is 0.615. The maximum atomic E-state index is 9.77. The van der Waals surface area contributed by atoms with E-state index in [4.69, 9.17) is 20.4 Å². The largest absolute Gasteiger partial charge is 0.479 e. The summed E-state index contributed by atoms with van der Waals surface area (Å²) in [5.74, 6) is -2.92. The molecule has 1 aliphatic heterocycles. The summed E-state index contributed by atoms with van der Waals surface area (Å²) >= 11 is 1.88. The van der Waals surface area contributed by atoms with Crippen LogP contribution in [0.3, 0.4) is 0 Å². The van der Waals surface area contributed by atoms with Crippen LogP contribution in [0.1, 0.15) is 6.92 Å². The van der Waals surface area contributed by atoms with Gasteiger partial charge in [-0.2, -0.15) is 0 Å². The van der Waals surface area contributed by atoms with E-state index in [1.807, 2.05) is 11.8 Å². The fraction of sp³-hybridized carbons (Fsp3) is 0.364. The average molecular weight is 449 g/mol. The van der Waals surface area contributed by atoms with Gasteiger partial charge in [0.2, 0.25) is 0 Å². The lowest BCUT2D eigenvalue weighted by Gasteiger charge is -2.35. The molecule has 168 valence electrons. The molecule has 0 aromatic heterocycles. The van der Waals surface area contributed by atoms with Crippen LogP contribution in [0.25, 0.3) is 0 Å². The molecule has 0 saturated carbocycles. The van der Waals surface area contributed by atoms with Gasteiger partial charge in [-0.05, 0) is 44.3 Å². The van der Waals surface area contributed by atoms with Crippen molar-refractivity contribution in [1.29, 1.82) is 0 Å². The molecular formula is C22H28N2O6S. The number of fused-ring (bicyclic) bond motifs is 2. The Bertz CT molecular complexity index is 844. The highest BCUT2D eigenvalue weighted by molar-refractivity contribution is 7.99. The number of rotatable bonds is 7. The maximum Gasteiger partial charge on any atom is 0.335 e. The summed E-state index contributed by atoms with van der Waals surface area (Å²) in [4.78, 5) is 27.0. The number of aliphatic carboxylic acids is 2. The fourth-order valence-corrected chi connectivity index (χ4v) is 4.34. The summed E-state index contributed by atoms with van der Waals surface area (Å²) in [6.45, 7) is 4.48. The number of carboxylic acids is 2. The molecule has 1 unspecified atom stereocenters. The molecule has 0 fully saturated rings. The highest BCUT2D eigenvalue weighted by Gasteiger charge is 2.29. The van der Waals surface area contributed by atoms with Crippen molar-refractivity contribution in [3.8, 4) is 0 Å². The minimum Gasteiger partial charge on any atom is -0.479 e. The molecule has 0 saturated heterocycles. The second kappa shape index (κ2) is 11.1. The third-order valence-corrected chi connectivity index (χ3v) is 5.64. The third kappa shape index (κ3) is 6.70. The van der Waals surface area contributed by atoms with E-state index in [-0.39, 0.29) is 0 Å². The smallest absolute Gasteiger partial charge is 0.335 e. The molecule has 9 heteroatoms. The summed E-state index contributed by atoms with van der Waals surface area (Å²) in [5.41, 5.74) is 2.68. The van der Waals surface area contributed by atoms with Gasteiger partial charge in [0.1, 0.15) is 0 Å². The SMILES string of the molecule is CC(CN(C)C)CN1c2ccccc2Sc2ccccc21.O=C(O)[C@H](O)[C@@H](O)C(=O)O. The van der Waals surface area contributed by atoms with E-state index in [0.29, 0.717) is 5.92 Å². The Morgan fingerprint density at radius 3 is 1.71 bits per heavy atom. The Hall–Kier alpha value is -2.59. The Kier molecular flexibility index (Phi) is 8.88. The molecule has 0 spiro atoms. The number of carbonyl (C=O) groups is 2. The van der Waals surface area contributed by atoms with Crippen LogP contribution in [0.4, 0.5) is 11.4 Å². The van der Waals surface area contributed by atoms with Crippen LogP contribution in [0.2, 0.25) is 0 Å². The first-order valence-corrected chi connectivity index (χ1v) is 10.5. The molecule has 1 aliphatic rings. The summed E-state index contributed by atoms with van der Waals surface area (Å²) in [6.07, 6.45) is -4.53. The topological polar surface area (TPSA) is 122 Å². The van der Waals surface area contributed by atoms with Crippen LogP contribution in [-0.4, -0.2) is 76.7 Å². The van der Waals surface area contributed by atoms with Crippen molar-refractivity contribution < 1.29 is 30.0 Å². The first kappa shape index (κ1) is 24.7. The van der Waals surface area contributed by atoms with Crippen molar-refractivity contribution in [2.45, 2.75) is 28.9 Å². The zero-order valence-electron chi connectivity index (χ0n) is 17.7. The summed E-state index contributed by atoms with van der Waals surface area (Å²) in [5, 5.41) is 32.5. The number of benzene rings is 2. The van der Waals surface area contributed by atoms with Gasteiger partial charge in [0.25, 0.3) is 0 Å². The van der Waals surface area contributed by atoms with Gasteiger partial charge in [0.05, 0.1) is 11.4 Å². The number of nitrogens with zero attached hydrogens (tertiary/aromatic N) is 2. The number of hydrogen-bond acceptors (Lipinski definition) is 7. The monoisotopic (exact) mass is 448 g/mol. The van der Waals surface area contributed by atoms with Crippen molar-refractivity contribution in [3.05, 3.63) is 48.5 Å². The molecule has 0 amide bonds. The highest BCUT2D eigenvalue weighted by atomic mass is 32.2. The second-order valence-electron chi connectivity index (χ2n) is 7.58. The molecule has 1 heterocycles. The lowest BCUT2D eigenvalue weighted by Crippen LogP contribution is -2.39. The Morgan fingerprint density at radius 1 is 0.903 bits per heavy atom. The number of carboxylic acid groups (broad SMARTS) is 2. The van der Waals surface area contributed by atoms with Crippen LogP contribution in [0.5, 0.6) is 0 Å². The van der Waals surface area contributed by atoms with Gasteiger partial charge in [-0.1, -0.05) is 43.0 Å². The fourth-order valence-electron chi connectivity index (χ4n) is 3.24. The van der Waals surface area contributed by atoms with E-state index in [0.717, 1.165) is 13.1 Å². The number of para-hydroxylation sites is 2. The number of aliphatic hydroxyl groups is 2. The van der Waals surface area contributed by atoms with Gasteiger partial charge in [-0.15, -0.1) is 0 Å². The summed E-state index contributed by atoms with van der Waals surface area (Å²) < 4.78 is 0.